The number of aromatic nitrogens is 6. The zero-order chi connectivity index (χ0) is 32.5. The Kier molecular flexibility index (Phi) is 8.65. The van der Waals surface area contributed by atoms with Crippen LogP contribution in [0.25, 0.3) is 28.1 Å². The van der Waals surface area contributed by atoms with Crippen molar-refractivity contribution in [2.75, 3.05) is 12.4 Å². The van der Waals surface area contributed by atoms with E-state index in [1.807, 2.05) is 13.0 Å². The predicted octanol–water partition coefficient (Wildman–Crippen LogP) is 6.13. The molecular weight excluding hydrogens is 636 g/mol. The van der Waals surface area contributed by atoms with E-state index in [-0.39, 0.29) is 44.5 Å². The number of hydrogen-bond donors (Lipinski definition) is 1. The van der Waals surface area contributed by atoms with Gasteiger partial charge in [-0.2, -0.15) is 0 Å². The van der Waals surface area contributed by atoms with Crippen molar-refractivity contribution in [3.05, 3.63) is 105 Å². The number of carbonyl (C=O) groups is 2. The van der Waals surface area contributed by atoms with E-state index in [0.717, 1.165) is 0 Å². The van der Waals surface area contributed by atoms with E-state index in [1.54, 1.807) is 30.5 Å². The number of anilines is 1. The highest BCUT2D eigenvalue weighted by molar-refractivity contribution is 6.31. The molecule has 14 heteroatoms. The van der Waals surface area contributed by atoms with Gasteiger partial charge in [-0.15, -0.1) is 5.10 Å². The molecule has 0 aliphatic carbocycles. The standard InChI is InChI=1S/C32H26Cl2FN7O4/c1-17-4-3-5-25(23-12-18(10-11-36-23)20-7-6-19(32(45)46-2)13-22(20)38-31(17)44)41-16-37-24(14-28(41)43)29-26(9-8-21(33)30(29)35)42-15-27(34)39-40-42/h6-17,25H,3-5H2,1-2H3,(H,38,44)/t17-,25+/m1/s1. The summed E-state index contributed by atoms with van der Waals surface area (Å²) in [6.45, 7) is 1.82. The lowest BCUT2D eigenvalue weighted by atomic mass is 9.95. The Morgan fingerprint density at radius 1 is 1.07 bits per heavy atom. The molecule has 0 spiro atoms. The van der Waals surface area contributed by atoms with E-state index in [9.17, 15) is 14.4 Å². The monoisotopic (exact) mass is 661 g/mol. The number of nitrogens with zero attached hydrogens (tertiary/aromatic N) is 6. The molecule has 2 aromatic carbocycles. The second kappa shape index (κ2) is 12.8. The van der Waals surface area contributed by atoms with Crippen molar-refractivity contribution >= 4 is 40.8 Å². The van der Waals surface area contributed by atoms with E-state index in [1.165, 1.54) is 47.1 Å². The fraction of sp³-hybridized carbons (Fsp3) is 0.219. The number of hydrogen-bond acceptors (Lipinski definition) is 8. The Morgan fingerprint density at radius 2 is 1.89 bits per heavy atom. The van der Waals surface area contributed by atoms with Gasteiger partial charge in [-0.05, 0) is 54.8 Å². The number of ether oxygens (including phenoxy) is 1. The number of amides is 1. The van der Waals surface area contributed by atoms with Crippen molar-refractivity contribution in [2.24, 2.45) is 5.92 Å². The fourth-order valence-electron chi connectivity index (χ4n) is 5.49. The Labute approximate surface area is 272 Å². The van der Waals surface area contributed by atoms with Crippen LogP contribution in [0.2, 0.25) is 10.2 Å². The normalized spacial score (nSPS) is 16.5. The summed E-state index contributed by atoms with van der Waals surface area (Å²) in [5.41, 5.74) is 2.49. The van der Waals surface area contributed by atoms with Crippen LogP contribution in [0, 0.1) is 11.7 Å². The molecule has 234 valence electrons. The van der Waals surface area contributed by atoms with Gasteiger partial charge in [0.05, 0.1) is 58.9 Å². The molecule has 1 N–H and O–H groups in total. The van der Waals surface area contributed by atoms with E-state index >= 15 is 4.39 Å². The highest BCUT2D eigenvalue weighted by atomic mass is 35.5. The highest BCUT2D eigenvalue weighted by Gasteiger charge is 2.25. The van der Waals surface area contributed by atoms with Crippen LogP contribution in [0.15, 0.2) is 72.0 Å². The lowest BCUT2D eigenvalue weighted by molar-refractivity contribution is -0.119. The number of benzene rings is 2. The van der Waals surface area contributed by atoms with Crippen molar-refractivity contribution in [1.29, 1.82) is 0 Å². The van der Waals surface area contributed by atoms with Crippen LogP contribution in [-0.4, -0.2) is 48.5 Å². The van der Waals surface area contributed by atoms with E-state index in [2.05, 4.69) is 25.6 Å². The molecule has 0 saturated carbocycles. The number of methoxy groups -OCH3 is 1. The molecule has 2 atom stereocenters. The molecule has 46 heavy (non-hydrogen) atoms. The molecule has 0 saturated heterocycles. The molecule has 3 aromatic heterocycles. The number of carbonyl (C=O) groups excluding carboxylic acids is 2. The topological polar surface area (TPSA) is 134 Å². The Morgan fingerprint density at radius 3 is 2.63 bits per heavy atom. The van der Waals surface area contributed by atoms with Crippen LogP contribution in [0.5, 0.6) is 0 Å². The molecule has 2 bridgehead atoms. The number of fused-ring (bicyclic) bond motifs is 4. The SMILES string of the molecule is COC(=O)c1ccc2c(c1)NC(=O)[C@H](C)CCC[C@H](n1cnc(-c3c(-n4cc(Cl)nn4)ccc(Cl)c3F)cc1=O)c1cc-2ccn1. The van der Waals surface area contributed by atoms with Crippen LogP contribution >= 0.6 is 23.2 Å². The number of rotatable bonds is 4. The molecule has 6 rings (SSSR count). The number of pyridine rings is 1. The van der Waals surface area contributed by atoms with Crippen LogP contribution in [0.3, 0.4) is 0 Å². The van der Waals surface area contributed by atoms with Crippen molar-refractivity contribution < 1.29 is 18.7 Å². The first-order valence-electron chi connectivity index (χ1n) is 14.3. The molecule has 1 amide bonds. The average molecular weight is 663 g/mol. The minimum atomic E-state index is -0.780. The van der Waals surface area contributed by atoms with Crippen LogP contribution < -0.4 is 10.9 Å². The first kappa shape index (κ1) is 31.1. The van der Waals surface area contributed by atoms with Gasteiger partial charge in [0.2, 0.25) is 5.91 Å². The summed E-state index contributed by atoms with van der Waals surface area (Å²) in [6, 6.07) is 12.1. The quantitative estimate of drug-likeness (QED) is 0.227. The van der Waals surface area contributed by atoms with Gasteiger partial charge in [-0.1, -0.05) is 47.8 Å². The third-order valence-electron chi connectivity index (χ3n) is 7.91. The van der Waals surface area contributed by atoms with E-state index in [4.69, 9.17) is 27.9 Å². The summed E-state index contributed by atoms with van der Waals surface area (Å²) in [6.07, 6.45) is 5.94. The second-order valence-electron chi connectivity index (χ2n) is 10.8. The smallest absolute Gasteiger partial charge is 0.337 e. The fourth-order valence-corrected chi connectivity index (χ4v) is 5.78. The minimum Gasteiger partial charge on any atom is -0.465 e. The number of halogens is 3. The number of nitrogens with one attached hydrogen (secondary N) is 1. The van der Waals surface area contributed by atoms with Gasteiger partial charge in [-0.3, -0.25) is 19.1 Å². The zero-order valence-corrected chi connectivity index (χ0v) is 26.1. The second-order valence-corrected chi connectivity index (χ2v) is 11.6. The Bertz CT molecular complexity index is 2050. The van der Waals surface area contributed by atoms with Crippen molar-refractivity contribution in [1.82, 2.24) is 29.5 Å². The molecule has 11 nitrogen and oxygen atoms in total. The number of esters is 1. The van der Waals surface area contributed by atoms with Gasteiger partial charge in [-0.25, -0.2) is 18.9 Å². The molecule has 1 aliphatic heterocycles. The average Bonchev–Trinajstić information content (AvgIpc) is 3.49. The molecule has 4 heterocycles. The maximum Gasteiger partial charge on any atom is 0.337 e. The van der Waals surface area contributed by atoms with Gasteiger partial charge in [0.15, 0.2) is 11.0 Å². The van der Waals surface area contributed by atoms with Gasteiger partial charge in [0.25, 0.3) is 5.56 Å². The summed E-state index contributed by atoms with van der Waals surface area (Å²) in [5.74, 6) is -1.88. The van der Waals surface area contributed by atoms with Crippen LogP contribution in [-0.2, 0) is 9.53 Å². The van der Waals surface area contributed by atoms with Crippen LogP contribution in [0.4, 0.5) is 10.1 Å². The predicted molar refractivity (Wildman–Crippen MR) is 170 cm³/mol. The highest BCUT2D eigenvalue weighted by Crippen LogP contribution is 2.35. The molecule has 0 radical (unpaired) electrons. The van der Waals surface area contributed by atoms with Crippen molar-refractivity contribution in [3.63, 3.8) is 0 Å². The van der Waals surface area contributed by atoms with E-state index in [0.29, 0.717) is 41.8 Å². The maximum atomic E-state index is 15.5. The first-order chi connectivity index (χ1) is 22.1. The summed E-state index contributed by atoms with van der Waals surface area (Å²) in [7, 11) is 1.29. The lowest BCUT2D eigenvalue weighted by Gasteiger charge is -2.23. The summed E-state index contributed by atoms with van der Waals surface area (Å²) in [5, 5.41) is 10.6. The van der Waals surface area contributed by atoms with Gasteiger partial charge in [0, 0.05) is 29.4 Å². The summed E-state index contributed by atoms with van der Waals surface area (Å²) < 4.78 is 23.0. The zero-order valence-electron chi connectivity index (χ0n) is 24.6. The lowest BCUT2D eigenvalue weighted by Crippen LogP contribution is -2.27. The molecule has 5 aromatic rings. The largest absolute Gasteiger partial charge is 0.465 e. The van der Waals surface area contributed by atoms with Crippen molar-refractivity contribution in [2.45, 2.75) is 32.2 Å². The summed E-state index contributed by atoms with van der Waals surface area (Å²) >= 11 is 12.1. The summed E-state index contributed by atoms with van der Waals surface area (Å²) in [4.78, 5) is 48.3. The van der Waals surface area contributed by atoms with Crippen LogP contribution in [0.1, 0.15) is 48.3 Å². The molecule has 0 unspecified atom stereocenters. The van der Waals surface area contributed by atoms with E-state index < -0.39 is 23.4 Å². The molecule has 0 fully saturated rings. The van der Waals surface area contributed by atoms with Gasteiger partial charge < -0.3 is 10.1 Å². The van der Waals surface area contributed by atoms with Gasteiger partial charge in [0.1, 0.15) is 0 Å². The Balaban J connectivity index is 1.45. The first-order valence-corrected chi connectivity index (χ1v) is 15.0. The molecular formula is C32H26Cl2FN7O4. The third kappa shape index (κ3) is 6.01. The molecule has 1 aliphatic rings. The maximum absolute atomic E-state index is 15.5. The van der Waals surface area contributed by atoms with Gasteiger partial charge >= 0.3 is 5.97 Å². The Hall–Kier alpha value is -4.94. The van der Waals surface area contributed by atoms with Crippen molar-refractivity contribution in [3.8, 4) is 28.1 Å². The minimum absolute atomic E-state index is 0.0402. The third-order valence-corrected chi connectivity index (χ3v) is 8.37.